The summed E-state index contributed by atoms with van der Waals surface area (Å²) in [6.07, 6.45) is 0.0600. The Kier molecular flexibility index (Phi) is 6.57. The first-order valence-corrected chi connectivity index (χ1v) is 12.3. The summed E-state index contributed by atoms with van der Waals surface area (Å²) in [7, 11) is 0. The number of aryl methyl sites for hydroxylation is 1. The minimum Gasteiger partial charge on any atom is -0.372 e. The van der Waals surface area contributed by atoms with Gasteiger partial charge in [-0.25, -0.2) is 4.98 Å². The molecule has 1 saturated heterocycles. The number of ether oxygens (including phenoxy) is 1. The smallest absolute Gasteiger partial charge is 0.254 e. The molecule has 7 nitrogen and oxygen atoms in total. The third-order valence-electron chi connectivity index (χ3n) is 6.46. The van der Waals surface area contributed by atoms with Crippen LogP contribution in [-0.2, 0) is 11.3 Å². The van der Waals surface area contributed by atoms with Gasteiger partial charge in [-0.3, -0.25) is 14.2 Å². The number of amides is 2. The molecule has 0 saturated carbocycles. The van der Waals surface area contributed by atoms with Gasteiger partial charge in [-0.05, 0) is 68.8 Å². The van der Waals surface area contributed by atoms with Crippen LogP contribution in [0.15, 0.2) is 72.8 Å². The van der Waals surface area contributed by atoms with E-state index in [1.54, 1.807) is 0 Å². The number of fused-ring (bicyclic) bond motifs is 1. The maximum Gasteiger partial charge on any atom is 0.254 e. The van der Waals surface area contributed by atoms with E-state index in [-0.39, 0.29) is 24.0 Å². The van der Waals surface area contributed by atoms with Gasteiger partial charge in [0.15, 0.2) is 0 Å². The zero-order valence-electron chi connectivity index (χ0n) is 20.8. The highest BCUT2D eigenvalue weighted by molar-refractivity contribution is 5.97. The molecule has 184 valence electrons. The summed E-state index contributed by atoms with van der Waals surface area (Å²) in [4.78, 5) is 32.2. The van der Waals surface area contributed by atoms with Crippen molar-refractivity contribution in [3.05, 3.63) is 95.3 Å². The second-order valence-electron chi connectivity index (χ2n) is 9.38. The van der Waals surface area contributed by atoms with E-state index >= 15 is 0 Å². The Bertz CT molecular complexity index is 1390. The zero-order valence-corrected chi connectivity index (χ0v) is 20.8. The topological polar surface area (TPSA) is 76.5 Å². The van der Waals surface area contributed by atoms with Crippen LogP contribution in [0.4, 0.5) is 0 Å². The lowest BCUT2D eigenvalue weighted by atomic mass is 10.1. The lowest BCUT2D eigenvalue weighted by molar-refractivity contribution is -0.0586. The minimum absolute atomic E-state index is 0.00567. The number of carbonyl (C=O) groups is 2. The summed E-state index contributed by atoms with van der Waals surface area (Å²) in [6, 6.07) is 23.0. The van der Waals surface area contributed by atoms with Gasteiger partial charge in [0.05, 0.1) is 23.2 Å². The summed E-state index contributed by atoms with van der Waals surface area (Å²) in [5.74, 6) is 0.704. The van der Waals surface area contributed by atoms with E-state index in [1.165, 1.54) is 0 Å². The van der Waals surface area contributed by atoms with Gasteiger partial charge in [-0.15, -0.1) is 0 Å². The van der Waals surface area contributed by atoms with Gasteiger partial charge in [0.2, 0.25) is 0 Å². The number of hydrogen-bond donors (Lipinski definition) is 1. The summed E-state index contributed by atoms with van der Waals surface area (Å²) < 4.78 is 7.81. The van der Waals surface area contributed by atoms with Gasteiger partial charge in [-0.2, -0.15) is 0 Å². The van der Waals surface area contributed by atoms with Gasteiger partial charge in [-0.1, -0.05) is 30.3 Å². The third kappa shape index (κ3) is 4.88. The molecule has 7 heteroatoms. The van der Waals surface area contributed by atoms with E-state index in [9.17, 15) is 9.59 Å². The minimum atomic E-state index is -0.166. The highest BCUT2D eigenvalue weighted by Crippen LogP contribution is 2.22. The molecule has 0 aliphatic carbocycles. The maximum absolute atomic E-state index is 12.9. The number of morpholine rings is 1. The number of nitrogens with one attached hydrogen (secondary N) is 1. The van der Waals surface area contributed by atoms with Crippen LogP contribution in [0.2, 0.25) is 0 Å². The van der Waals surface area contributed by atoms with Crippen LogP contribution in [0.5, 0.6) is 0 Å². The van der Waals surface area contributed by atoms with Crippen molar-refractivity contribution in [3.8, 4) is 5.69 Å². The molecule has 36 heavy (non-hydrogen) atoms. The molecule has 5 rings (SSSR count). The van der Waals surface area contributed by atoms with E-state index in [0.29, 0.717) is 30.8 Å². The van der Waals surface area contributed by atoms with Gasteiger partial charge >= 0.3 is 0 Å². The predicted octanol–water partition coefficient (Wildman–Crippen LogP) is 4.51. The molecule has 0 radical (unpaired) electrons. The van der Waals surface area contributed by atoms with E-state index < -0.39 is 0 Å². The lowest BCUT2D eigenvalue weighted by Gasteiger charge is -2.35. The molecule has 2 unspecified atom stereocenters. The molecule has 1 N–H and O–H groups in total. The largest absolute Gasteiger partial charge is 0.372 e. The van der Waals surface area contributed by atoms with Crippen LogP contribution in [0.1, 0.15) is 46.0 Å². The second-order valence-corrected chi connectivity index (χ2v) is 9.38. The maximum atomic E-state index is 12.9. The first-order chi connectivity index (χ1) is 17.4. The number of nitrogens with zero attached hydrogens (tertiary/aromatic N) is 3. The Hall–Kier alpha value is -3.97. The van der Waals surface area contributed by atoms with Crippen LogP contribution >= 0.6 is 0 Å². The number of rotatable bonds is 5. The Morgan fingerprint density at radius 1 is 0.944 bits per heavy atom. The van der Waals surface area contributed by atoms with Crippen molar-refractivity contribution in [2.75, 3.05) is 13.1 Å². The Labute approximate surface area is 210 Å². The van der Waals surface area contributed by atoms with Gasteiger partial charge in [0.25, 0.3) is 11.8 Å². The fourth-order valence-electron chi connectivity index (χ4n) is 4.82. The van der Waals surface area contributed by atoms with Crippen LogP contribution in [0, 0.1) is 6.92 Å². The van der Waals surface area contributed by atoms with Crippen molar-refractivity contribution >= 4 is 22.8 Å². The Morgan fingerprint density at radius 3 is 2.31 bits per heavy atom. The monoisotopic (exact) mass is 482 g/mol. The number of para-hydroxylation sites is 1. The molecule has 1 aliphatic heterocycles. The highest BCUT2D eigenvalue weighted by Gasteiger charge is 2.26. The molecule has 1 aliphatic rings. The van der Waals surface area contributed by atoms with Crippen molar-refractivity contribution in [2.24, 2.45) is 0 Å². The normalized spacial score (nSPS) is 17.8. The van der Waals surface area contributed by atoms with Crippen molar-refractivity contribution < 1.29 is 14.3 Å². The summed E-state index contributed by atoms with van der Waals surface area (Å²) in [6.45, 7) is 7.48. The van der Waals surface area contributed by atoms with E-state index in [2.05, 4.69) is 14.9 Å². The van der Waals surface area contributed by atoms with Crippen LogP contribution in [0.25, 0.3) is 16.7 Å². The van der Waals surface area contributed by atoms with Crippen molar-refractivity contribution in [3.63, 3.8) is 0 Å². The first-order valence-electron chi connectivity index (χ1n) is 12.3. The molecule has 0 spiro atoms. The molecule has 3 aromatic carbocycles. The van der Waals surface area contributed by atoms with Crippen LogP contribution in [0.3, 0.4) is 0 Å². The molecule has 2 heterocycles. The van der Waals surface area contributed by atoms with E-state index in [0.717, 1.165) is 28.1 Å². The summed E-state index contributed by atoms with van der Waals surface area (Å²) in [5.41, 5.74) is 4.89. The fourth-order valence-corrected chi connectivity index (χ4v) is 4.82. The molecule has 1 fully saturated rings. The molecule has 2 atom stereocenters. The average molecular weight is 483 g/mol. The number of benzene rings is 3. The van der Waals surface area contributed by atoms with E-state index in [4.69, 9.17) is 4.74 Å². The summed E-state index contributed by atoms with van der Waals surface area (Å²) in [5, 5.41) is 2.97. The van der Waals surface area contributed by atoms with E-state index in [1.807, 2.05) is 98.5 Å². The van der Waals surface area contributed by atoms with Gasteiger partial charge in [0.1, 0.15) is 5.82 Å². The lowest BCUT2D eigenvalue weighted by Crippen LogP contribution is -2.48. The second kappa shape index (κ2) is 9.95. The zero-order chi connectivity index (χ0) is 25.2. The average Bonchev–Trinajstić information content (AvgIpc) is 3.22. The van der Waals surface area contributed by atoms with Crippen molar-refractivity contribution in [1.82, 2.24) is 19.8 Å². The summed E-state index contributed by atoms with van der Waals surface area (Å²) >= 11 is 0. The third-order valence-corrected chi connectivity index (χ3v) is 6.46. The number of carbonyl (C=O) groups excluding carboxylic acids is 2. The molecule has 2 amide bonds. The molecular weight excluding hydrogens is 452 g/mol. The number of aromatic nitrogens is 2. The molecule has 1 aromatic heterocycles. The molecular formula is C29H30N4O3. The Balaban J connectivity index is 1.24. The van der Waals surface area contributed by atoms with Gasteiger partial charge < -0.3 is 15.0 Å². The highest BCUT2D eigenvalue weighted by atomic mass is 16.5. The first kappa shape index (κ1) is 23.8. The fraction of sp³-hybridized carbons (Fsp3) is 0.276. The quantitative estimate of drug-likeness (QED) is 0.454. The standard InChI is InChI=1S/C29H30N4O3/c1-19-17-32(18-20(2)36-19)29(35)23-11-9-22(10-12-23)16-30-28(34)24-13-14-27-26(15-24)31-21(3)33(27)25-7-5-4-6-8-25/h4-15,19-20H,16-18H2,1-3H3,(H,30,34). The number of hydrogen-bond acceptors (Lipinski definition) is 4. The van der Waals surface area contributed by atoms with Crippen molar-refractivity contribution in [1.29, 1.82) is 0 Å². The molecule has 0 bridgehead atoms. The van der Waals surface area contributed by atoms with Crippen LogP contribution < -0.4 is 5.32 Å². The van der Waals surface area contributed by atoms with Gasteiger partial charge in [0, 0.05) is 36.4 Å². The molecule has 4 aromatic rings. The number of imidazole rings is 1. The van der Waals surface area contributed by atoms with Crippen LogP contribution in [-0.4, -0.2) is 51.6 Å². The Morgan fingerprint density at radius 2 is 1.61 bits per heavy atom. The van der Waals surface area contributed by atoms with Crippen molar-refractivity contribution in [2.45, 2.75) is 39.5 Å². The predicted molar refractivity (Wildman–Crippen MR) is 139 cm³/mol. The SMILES string of the molecule is Cc1nc2cc(C(=O)NCc3ccc(C(=O)N4CC(C)OC(C)C4)cc3)ccc2n1-c1ccccc1.